The molecule has 5 nitrogen and oxygen atoms in total. The molecule has 0 saturated carbocycles. The van der Waals surface area contributed by atoms with E-state index >= 15 is 0 Å². The highest BCUT2D eigenvalue weighted by Gasteiger charge is 2.13. The lowest BCUT2D eigenvalue weighted by Gasteiger charge is -2.28. The number of ether oxygens (including phenoxy) is 1. The average Bonchev–Trinajstić information content (AvgIpc) is 3.27. The van der Waals surface area contributed by atoms with Gasteiger partial charge in [0, 0.05) is 24.3 Å². The van der Waals surface area contributed by atoms with Crippen molar-refractivity contribution in [2.75, 3.05) is 31.2 Å². The average molecular weight is 313 g/mol. The smallest absolute Gasteiger partial charge is 0.268 e. The van der Waals surface area contributed by atoms with E-state index < -0.39 is 0 Å². The van der Waals surface area contributed by atoms with E-state index in [-0.39, 0.29) is 0 Å². The first-order valence-corrected chi connectivity index (χ1v) is 8.09. The molecule has 3 heterocycles. The van der Waals surface area contributed by atoms with Crippen molar-refractivity contribution in [3.63, 3.8) is 0 Å². The van der Waals surface area contributed by atoms with Crippen molar-refractivity contribution in [1.82, 2.24) is 10.1 Å². The maximum Gasteiger partial charge on any atom is 0.268 e. The highest BCUT2D eigenvalue weighted by atomic mass is 32.1. The van der Waals surface area contributed by atoms with Crippen LogP contribution in [0.3, 0.4) is 0 Å². The summed E-state index contributed by atoms with van der Waals surface area (Å²) >= 11 is 1.59. The predicted molar refractivity (Wildman–Crippen MR) is 86.1 cm³/mol. The second-order valence-corrected chi connectivity index (χ2v) is 5.99. The van der Waals surface area contributed by atoms with Crippen molar-refractivity contribution in [3.05, 3.63) is 41.8 Å². The van der Waals surface area contributed by atoms with Gasteiger partial charge in [-0.1, -0.05) is 11.2 Å². The van der Waals surface area contributed by atoms with Crippen LogP contribution in [0, 0.1) is 0 Å². The number of aromatic nitrogens is 2. The summed E-state index contributed by atoms with van der Waals surface area (Å²) in [6.07, 6.45) is 0. The first-order valence-electron chi connectivity index (χ1n) is 7.21. The molecule has 6 heteroatoms. The molecule has 112 valence electrons. The standard InChI is InChI=1S/C16H15N3O2S/c1-2-14(22-11-1)16-17-15(18-21-16)12-3-5-13(6-4-12)19-7-9-20-10-8-19/h1-6,11H,7-10H2. The Morgan fingerprint density at radius 1 is 1.05 bits per heavy atom. The SMILES string of the molecule is c1csc(-c2nc(-c3ccc(N4CCOCC4)cc3)no2)c1. The summed E-state index contributed by atoms with van der Waals surface area (Å²) in [6, 6.07) is 12.2. The zero-order chi connectivity index (χ0) is 14.8. The van der Waals surface area contributed by atoms with Crippen LogP contribution in [-0.2, 0) is 4.74 Å². The Kier molecular flexibility index (Phi) is 3.62. The first-order chi connectivity index (χ1) is 10.9. The molecule has 0 spiro atoms. The molecule has 2 aromatic heterocycles. The van der Waals surface area contributed by atoms with Crippen LogP contribution in [0.25, 0.3) is 22.2 Å². The molecule has 1 aliphatic heterocycles. The zero-order valence-electron chi connectivity index (χ0n) is 11.9. The highest BCUT2D eigenvalue weighted by Crippen LogP contribution is 2.27. The van der Waals surface area contributed by atoms with Gasteiger partial charge in [0.25, 0.3) is 5.89 Å². The molecule has 0 unspecified atom stereocenters. The van der Waals surface area contributed by atoms with E-state index in [0.717, 1.165) is 36.7 Å². The number of benzene rings is 1. The molecule has 0 bridgehead atoms. The maximum absolute atomic E-state index is 5.38. The topological polar surface area (TPSA) is 51.4 Å². The molecule has 0 aliphatic carbocycles. The number of rotatable bonds is 3. The van der Waals surface area contributed by atoms with E-state index in [1.165, 1.54) is 5.69 Å². The molecule has 1 fully saturated rings. The molecule has 0 amide bonds. The summed E-state index contributed by atoms with van der Waals surface area (Å²) in [5, 5.41) is 6.07. The van der Waals surface area contributed by atoms with Crippen LogP contribution in [0.5, 0.6) is 0 Å². The molecule has 22 heavy (non-hydrogen) atoms. The number of hydrogen-bond acceptors (Lipinski definition) is 6. The second kappa shape index (κ2) is 5.90. The molecule has 0 radical (unpaired) electrons. The molecule has 3 aromatic rings. The minimum Gasteiger partial charge on any atom is -0.378 e. The molecule has 4 rings (SSSR count). The van der Waals surface area contributed by atoms with Crippen LogP contribution in [0.1, 0.15) is 0 Å². The van der Waals surface area contributed by atoms with Gasteiger partial charge in [0.15, 0.2) is 0 Å². The lowest BCUT2D eigenvalue weighted by Crippen LogP contribution is -2.36. The first kappa shape index (κ1) is 13.5. The van der Waals surface area contributed by atoms with Crippen molar-refractivity contribution < 1.29 is 9.26 Å². The Morgan fingerprint density at radius 3 is 2.59 bits per heavy atom. The summed E-state index contributed by atoms with van der Waals surface area (Å²) in [4.78, 5) is 7.77. The molecule has 0 atom stereocenters. The van der Waals surface area contributed by atoms with Crippen LogP contribution in [0.2, 0.25) is 0 Å². The monoisotopic (exact) mass is 313 g/mol. The van der Waals surface area contributed by atoms with Gasteiger partial charge in [0.1, 0.15) is 0 Å². The van der Waals surface area contributed by atoms with Gasteiger partial charge in [-0.05, 0) is 35.7 Å². The van der Waals surface area contributed by atoms with Crippen LogP contribution in [-0.4, -0.2) is 36.4 Å². The fourth-order valence-corrected chi connectivity index (χ4v) is 3.13. The van der Waals surface area contributed by atoms with Crippen LogP contribution >= 0.6 is 11.3 Å². The molecule has 1 saturated heterocycles. The summed E-state index contributed by atoms with van der Waals surface area (Å²) < 4.78 is 10.7. The fraction of sp³-hybridized carbons (Fsp3) is 0.250. The largest absolute Gasteiger partial charge is 0.378 e. The van der Waals surface area contributed by atoms with Gasteiger partial charge in [-0.25, -0.2) is 0 Å². The van der Waals surface area contributed by atoms with Crippen LogP contribution in [0.4, 0.5) is 5.69 Å². The lowest BCUT2D eigenvalue weighted by molar-refractivity contribution is 0.122. The lowest BCUT2D eigenvalue weighted by atomic mass is 10.2. The number of morpholine rings is 1. The molecule has 0 N–H and O–H groups in total. The summed E-state index contributed by atoms with van der Waals surface area (Å²) in [5.41, 5.74) is 2.16. The van der Waals surface area contributed by atoms with E-state index in [1.807, 2.05) is 29.6 Å². The summed E-state index contributed by atoms with van der Waals surface area (Å²) in [6.45, 7) is 3.45. The summed E-state index contributed by atoms with van der Waals surface area (Å²) in [5.74, 6) is 1.19. The van der Waals surface area contributed by atoms with E-state index in [0.29, 0.717) is 11.7 Å². The molecular weight excluding hydrogens is 298 g/mol. The van der Waals surface area contributed by atoms with Crippen molar-refractivity contribution >= 4 is 17.0 Å². The fourth-order valence-electron chi connectivity index (χ4n) is 2.48. The Labute approximate surface area is 132 Å². The molecule has 1 aliphatic rings. The minimum atomic E-state index is 0.572. The van der Waals surface area contributed by atoms with E-state index in [9.17, 15) is 0 Å². The van der Waals surface area contributed by atoms with Gasteiger partial charge < -0.3 is 14.2 Å². The van der Waals surface area contributed by atoms with Gasteiger partial charge in [0.2, 0.25) is 5.82 Å². The maximum atomic E-state index is 5.38. The van der Waals surface area contributed by atoms with Crippen molar-refractivity contribution in [2.45, 2.75) is 0 Å². The Morgan fingerprint density at radius 2 is 1.86 bits per heavy atom. The zero-order valence-corrected chi connectivity index (χ0v) is 12.8. The Balaban J connectivity index is 1.55. The molecule has 1 aromatic carbocycles. The number of anilines is 1. The third-order valence-corrected chi connectivity index (χ3v) is 4.52. The second-order valence-electron chi connectivity index (χ2n) is 5.05. The van der Waals surface area contributed by atoms with Gasteiger partial charge in [-0.15, -0.1) is 11.3 Å². The van der Waals surface area contributed by atoms with Crippen molar-refractivity contribution in [1.29, 1.82) is 0 Å². The van der Waals surface area contributed by atoms with Gasteiger partial charge >= 0.3 is 0 Å². The quantitative estimate of drug-likeness (QED) is 0.742. The Bertz CT molecular complexity index is 731. The predicted octanol–water partition coefficient (Wildman–Crippen LogP) is 3.30. The summed E-state index contributed by atoms with van der Waals surface area (Å²) in [7, 11) is 0. The van der Waals surface area contributed by atoms with Crippen molar-refractivity contribution in [3.8, 4) is 22.2 Å². The third-order valence-electron chi connectivity index (χ3n) is 3.66. The van der Waals surface area contributed by atoms with E-state index in [4.69, 9.17) is 9.26 Å². The molecular formula is C16H15N3O2S. The third kappa shape index (κ3) is 2.63. The number of thiophene rings is 1. The minimum absolute atomic E-state index is 0.572. The number of hydrogen-bond donors (Lipinski definition) is 0. The Hall–Kier alpha value is -2.18. The highest BCUT2D eigenvalue weighted by molar-refractivity contribution is 7.13. The van der Waals surface area contributed by atoms with Gasteiger partial charge in [-0.2, -0.15) is 4.98 Å². The van der Waals surface area contributed by atoms with Crippen LogP contribution < -0.4 is 4.90 Å². The van der Waals surface area contributed by atoms with Gasteiger partial charge in [0.05, 0.1) is 18.1 Å². The number of nitrogens with zero attached hydrogens (tertiary/aromatic N) is 3. The van der Waals surface area contributed by atoms with E-state index in [1.54, 1.807) is 11.3 Å². The van der Waals surface area contributed by atoms with Crippen molar-refractivity contribution in [2.24, 2.45) is 0 Å². The normalized spacial score (nSPS) is 15.2. The van der Waals surface area contributed by atoms with E-state index in [2.05, 4.69) is 27.2 Å². The van der Waals surface area contributed by atoms with Gasteiger partial charge in [-0.3, -0.25) is 0 Å². The van der Waals surface area contributed by atoms with Crippen LogP contribution in [0.15, 0.2) is 46.3 Å².